The monoisotopic (exact) mass is 295 g/mol. The van der Waals surface area contributed by atoms with Crippen LogP contribution in [-0.4, -0.2) is 16.7 Å². The quantitative estimate of drug-likeness (QED) is 0.516. The number of hydrogen-bond acceptors (Lipinski definition) is 4. The summed E-state index contributed by atoms with van der Waals surface area (Å²) in [5, 5.41) is 10.2. The molecular formula is C17H11O5+. The summed E-state index contributed by atoms with van der Waals surface area (Å²) in [6, 6.07) is 3.25. The molecule has 0 radical (unpaired) electrons. The Kier molecular flexibility index (Phi) is 3.53. The lowest BCUT2D eigenvalue weighted by Gasteiger charge is -2.01. The Morgan fingerprint density at radius 2 is 1.68 bits per heavy atom. The van der Waals surface area contributed by atoms with E-state index in [-0.39, 0.29) is 16.9 Å². The van der Waals surface area contributed by atoms with Crippen LogP contribution < -0.4 is 0 Å². The lowest BCUT2D eigenvalue weighted by atomic mass is 10.1. The van der Waals surface area contributed by atoms with Crippen molar-refractivity contribution >= 4 is 17.6 Å². The molecule has 1 aliphatic carbocycles. The fraction of sp³-hybridized carbons (Fsp3) is 0. The maximum absolute atomic E-state index is 12.0. The largest absolute Gasteiger partial charge is 0.506 e. The molecule has 5 heteroatoms. The van der Waals surface area contributed by atoms with Gasteiger partial charge in [-0.15, -0.1) is 0 Å². The molecular weight excluding hydrogens is 284 g/mol. The van der Waals surface area contributed by atoms with Crippen molar-refractivity contribution in [3.63, 3.8) is 0 Å². The van der Waals surface area contributed by atoms with Crippen molar-refractivity contribution in [1.29, 1.82) is 0 Å². The molecule has 0 atom stereocenters. The average molecular weight is 295 g/mol. The van der Waals surface area contributed by atoms with Crippen molar-refractivity contribution in [2.45, 2.75) is 0 Å². The molecule has 1 aliphatic heterocycles. The van der Waals surface area contributed by atoms with E-state index in [0.717, 1.165) is 0 Å². The molecule has 0 spiro atoms. The number of ketones is 2. The van der Waals surface area contributed by atoms with Crippen molar-refractivity contribution in [1.82, 2.24) is 0 Å². The average Bonchev–Trinajstić information content (AvgIpc) is 2.75. The standard InChI is InChI=1S/C17H10O5/c18-15-13(9-11-1-5-21-6-2-11)16(19)17(20)14(15)10-12-3-7-22-8-4-12/h1-10H/p+1. The van der Waals surface area contributed by atoms with E-state index < -0.39 is 11.6 Å². The number of ether oxygens (including phenoxy) is 1. The van der Waals surface area contributed by atoms with Crippen molar-refractivity contribution < 1.29 is 23.8 Å². The molecule has 3 rings (SSSR count). The van der Waals surface area contributed by atoms with Gasteiger partial charge >= 0.3 is 12.5 Å². The van der Waals surface area contributed by atoms with Crippen LogP contribution in [0, 0.1) is 0 Å². The third-order valence-corrected chi connectivity index (χ3v) is 3.18. The van der Waals surface area contributed by atoms with Gasteiger partial charge in [0, 0.05) is 12.1 Å². The molecule has 0 unspecified atom stereocenters. The van der Waals surface area contributed by atoms with Crippen LogP contribution in [0.15, 0.2) is 82.3 Å². The summed E-state index contributed by atoms with van der Waals surface area (Å²) >= 11 is 0. The zero-order valence-corrected chi connectivity index (χ0v) is 11.4. The first kappa shape index (κ1) is 13.8. The van der Waals surface area contributed by atoms with Crippen molar-refractivity contribution in [2.24, 2.45) is 0 Å². The predicted octanol–water partition coefficient (Wildman–Crippen LogP) is 2.89. The maximum atomic E-state index is 12.0. The van der Waals surface area contributed by atoms with Gasteiger partial charge in [-0.2, -0.15) is 0 Å². The van der Waals surface area contributed by atoms with Crippen molar-refractivity contribution in [3.05, 3.63) is 83.5 Å². The van der Waals surface area contributed by atoms with Gasteiger partial charge in [0.2, 0.25) is 11.6 Å². The molecule has 5 nitrogen and oxygen atoms in total. The highest BCUT2D eigenvalue weighted by molar-refractivity contribution is 6.54. The van der Waals surface area contributed by atoms with Crippen LogP contribution in [0.4, 0.5) is 0 Å². The zero-order chi connectivity index (χ0) is 15.5. The van der Waals surface area contributed by atoms with Gasteiger partial charge in [0.1, 0.15) is 5.76 Å². The van der Waals surface area contributed by atoms with E-state index in [0.29, 0.717) is 11.1 Å². The Balaban J connectivity index is 2.03. The molecule has 108 valence electrons. The molecule has 1 aromatic heterocycles. The minimum atomic E-state index is -0.731. The van der Waals surface area contributed by atoms with Gasteiger partial charge in [-0.05, 0) is 35.4 Å². The second kappa shape index (κ2) is 5.65. The predicted molar refractivity (Wildman–Crippen MR) is 78.2 cm³/mol. The summed E-state index contributed by atoms with van der Waals surface area (Å²) < 4.78 is 9.77. The summed E-state index contributed by atoms with van der Waals surface area (Å²) in [7, 11) is 0. The number of aliphatic hydroxyl groups is 1. The summed E-state index contributed by atoms with van der Waals surface area (Å²) in [5.41, 5.74) is 1.24. The highest BCUT2D eigenvalue weighted by atomic mass is 16.5. The van der Waals surface area contributed by atoms with Crippen LogP contribution in [-0.2, 0) is 14.3 Å². The van der Waals surface area contributed by atoms with E-state index >= 15 is 0 Å². The first-order chi connectivity index (χ1) is 10.7. The van der Waals surface area contributed by atoms with E-state index in [4.69, 9.17) is 9.15 Å². The van der Waals surface area contributed by atoms with Gasteiger partial charge in [-0.1, -0.05) is 0 Å². The number of aliphatic hydroxyl groups excluding tert-OH is 1. The smallest absolute Gasteiger partial charge is 0.318 e. The number of hydrogen-bond donors (Lipinski definition) is 1. The van der Waals surface area contributed by atoms with E-state index in [2.05, 4.69) is 0 Å². The molecule has 0 fully saturated rings. The van der Waals surface area contributed by atoms with Gasteiger partial charge in [-0.3, -0.25) is 9.59 Å². The van der Waals surface area contributed by atoms with Crippen molar-refractivity contribution in [3.8, 4) is 0 Å². The first-order valence-corrected chi connectivity index (χ1v) is 6.47. The number of carbonyl (C=O) groups excluding carboxylic acids is 2. The molecule has 1 N–H and O–H groups in total. The number of rotatable bonds is 2. The normalized spacial score (nSPS) is 19.1. The number of Topliss-reactive ketones (excluding diaryl/α,β-unsaturated/α-hetero) is 2. The van der Waals surface area contributed by atoms with Gasteiger partial charge in [0.05, 0.1) is 23.7 Å². The second-order valence-corrected chi connectivity index (χ2v) is 4.61. The van der Waals surface area contributed by atoms with E-state index in [1.807, 2.05) is 0 Å². The van der Waals surface area contributed by atoms with Gasteiger partial charge in [-0.25, -0.2) is 4.42 Å². The fourth-order valence-electron chi connectivity index (χ4n) is 2.07. The maximum Gasteiger partial charge on any atom is 0.318 e. The summed E-state index contributed by atoms with van der Waals surface area (Å²) in [6.45, 7) is 0. The molecule has 0 amide bonds. The third-order valence-electron chi connectivity index (χ3n) is 3.18. The minimum Gasteiger partial charge on any atom is -0.506 e. The molecule has 22 heavy (non-hydrogen) atoms. The third kappa shape index (κ3) is 2.52. The van der Waals surface area contributed by atoms with Crippen LogP contribution in [0.25, 0.3) is 6.08 Å². The first-order valence-electron chi connectivity index (χ1n) is 6.47. The Hall–Kier alpha value is -3.21. The molecule has 0 saturated carbocycles. The Morgan fingerprint density at radius 1 is 1.00 bits per heavy atom. The SMILES string of the molecule is O=C1C(=O)/C(=C/c2cc[o+]cc2)C(O)=C1C=C1C=COC=C1. The molecule has 0 saturated heterocycles. The molecule has 1 aromatic rings. The fourth-order valence-corrected chi connectivity index (χ4v) is 2.07. The molecule has 2 aliphatic rings. The number of carbonyl (C=O) groups is 2. The second-order valence-electron chi connectivity index (χ2n) is 4.61. The van der Waals surface area contributed by atoms with Crippen LogP contribution in [0.3, 0.4) is 0 Å². The van der Waals surface area contributed by atoms with E-state index in [9.17, 15) is 14.7 Å². The molecule has 0 aromatic carbocycles. The van der Waals surface area contributed by atoms with Gasteiger partial charge in [0.25, 0.3) is 0 Å². The number of allylic oxidation sites excluding steroid dienone is 6. The van der Waals surface area contributed by atoms with E-state index in [1.54, 1.807) is 24.3 Å². The summed E-state index contributed by atoms with van der Waals surface area (Å²) in [4.78, 5) is 24.1. The summed E-state index contributed by atoms with van der Waals surface area (Å²) in [6.07, 6.45) is 11.9. The highest BCUT2D eigenvalue weighted by Crippen LogP contribution is 2.28. The Labute approximate surface area is 125 Å². The minimum absolute atomic E-state index is 0.0249. The van der Waals surface area contributed by atoms with Crippen LogP contribution in [0.5, 0.6) is 0 Å². The van der Waals surface area contributed by atoms with Crippen LogP contribution >= 0.6 is 0 Å². The Bertz CT molecular complexity index is 778. The van der Waals surface area contributed by atoms with Gasteiger partial charge in [0.15, 0.2) is 0 Å². The highest BCUT2D eigenvalue weighted by Gasteiger charge is 2.35. The Morgan fingerprint density at radius 3 is 2.36 bits per heavy atom. The summed E-state index contributed by atoms with van der Waals surface area (Å²) in [5.74, 6) is -1.79. The van der Waals surface area contributed by atoms with Crippen LogP contribution in [0.1, 0.15) is 5.56 Å². The lowest BCUT2D eigenvalue weighted by Crippen LogP contribution is -2.09. The lowest BCUT2D eigenvalue weighted by molar-refractivity contribution is -0.131. The zero-order valence-electron chi connectivity index (χ0n) is 11.4. The molecule has 0 bridgehead atoms. The van der Waals surface area contributed by atoms with Crippen LogP contribution in [0.2, 0.25) is 0 Å². The topological polar surface area (TPSA) is 74.9 Å². The molecule has 2 heterocycles. The van der Waals surface area contributed by atoms with Crippen molar-refractivity contribution in [2.75, 3.05) is 0 Å². The van der Waals surface area contributed by atoms with E-state index in [1.165, 1.54) is 37.2 Å². The van der Waals surface area contributed by atoms with Gasteiger partial charge < -0.3 is 9.84 Å².